The summed E-state index contributed by atoms with van der Waals surface area (Å²) in [6, 6.07) is 5.41. The summed E-state index contributed by atoms with van der Waals surface area (Å²) >= 11 is 0. The highest BCUT2D eigenvalue weighted by Gasteiger charge is 2.25. The van der Waals surface area contributed by atoms with Gasteiger partial charge >= 0.3 is 5.97 Å². The highest BCUT2D eigenvalue weighted by Crippen LogP contribution is 2.30. The Bertz CT molecular complexity index is 700. The van der Waals surface area contributed by atoms with Crippen molar-refractivity contribution in [2.24, 2.45) is 5.92 Å². The number of benzene rings is 1. The number of hydrogen-bond donors (Lipinski definition) is 1. The van der Waals surface area contributed by atoms with Crippen molar-refractivity contribution >= 4 is 18.0 Å². The van der Waals surface area contributed by atoms with E-state index in [1.165, 1.54) is 0 Å². The van der Waals surface area contributed by atoms with Crippen LogP contribution in [0.2, 0.25) is 0 Å². The van der Waals surface area contributed by atoms with E-state index in [0.29, 0.717) is 43.3 Å². The molecule has 1 aromatic carbocycles. The lowest BCUT2D eigenvalue weighted by Gasteiger charge is -2.27. The second-order valence-corrected chi connectivity index (χ2v) is 6.40. The molecule has 0 bridgehead atoms. The number of carboxylic acids is 1. The molecule has 0 aromatic heterocycles. The Labute approximate surface area is 159 Å². The number of fused-ring (bicyclic) bond motifs is 1. The number of rotatable bonds is 10. The molecule has 1 heterocycles. The number of carbonyl (C=O) groups excluding carboxylic acids is 1. The van der Waals surface area contributed by atoms with E-state index in [4.69, 9.17) is 14.2 Å². The van der Waals surface area contributed by atoms with Crippen molar-refractivity contribution in [3.63, 3.8) is 0 Å². The van der Waals surface area contributed by atoms with Crippen LogP contribution in [-0.4, -0.2) is 61.9 Å². The van der Waals surface area contributed by atoms with Gasteiger partial charge in [-0.15, -0.1) is 0 Å². The van der Waals surface area contributed by atoms with Crippen molar-refractivity contribution in [2.75, 3.05) is 40.0 Å². The van der Waals surface area contributed by atoms with Gasteiger partial charge in [0.25, 0.3) is 5.91 Å². The van der Waals surface area contributed by atoms with E-state index < -0.39 is 11.9 Å². The molecule has 7 heteroatoms. The molecule has 2 rings (SSSR count). The van der Waals surface area contributed by atoms with Gasteiger partial charge in [-0.25, -0.2) is 0 Å². The van der Waals surface area contributed by atoms with E-state index in [9.17, 15) is 14.7 Å². The second kappa shape index (κ2) is 9.97. The number of hydrogen-bond acceptors (Lipinski definition) is 5. The standard InChI is InChI=1S/C20H27NO6/c1-4-26-9-5-8-21(12-14(2)20(23)24)19(22)16-10-15-11-17(25-3)6-7-18(15)27-13-16/h6-7,10-11,14H,4-5,8-9,12-13H2,1-3H3,(H,23,24). The first-order valence-corrected chi connectivity index (χ1v) is 9.07. The van der Waals surface area contributed by atoms with Crippen LogP contribution in [0, 0.1) is 5.92 Å². The van der Waals surface area contributed by atoms with Gasteiger partial charge in [0.1, 0.15) is 18.1 Å². The van der Waals surface area contributed by atoms with Crippen LogP contribution in [0.1, 0.15) is 25.8 Å². The lowest BCUT2D eigenvalue weighted by Crippen LogP contribution is -2.40. The summed E-state index contributed by atoms with van der Waals surface area (Å²) in [5.74, 6) is -0.433. The van der Waals surface area contributed by atoms with Gasteiger partial charge in [-0.05, 0) is 37.6 Å². The first kappa shape index (κ1) is 20.8. The molecule has 0 spiro atoms. The summed E-state index contributed by atoms with van der Waals surface area (Å²) in [7, 11) is 1.58. The highest BCUT2D eigenvalue weighted by atomic mass is 16.5. The van der Waals surface area contributed by atoms with Crippen molar-refractivity contribution in [3.05, 3.63) is 29.3 Å². The maximum Gasteiger partial charge on any atom is 0.308 e. The largest absolute Gasteiger partial charge is 0.497 e. The fourth-order valence-electron chi connectivity index (χ4n) is 2.80. The third-order valence-electron chi connectivity index (χ3n) is 4.33. The van der Waals surface area contributed by atoms with Gasteiger partial charge in [0, 0.05) is 31.9 Å². The van der Waals surface area contributed by atoms with Crippen LogP contribution in [0.5, 0.6) is 11.5 Å². The fourth-order valence-corrected chi connectivity index (χ4v) is 2.80. The lowest BCUT2D eigenvalue weighted by atomic mass is 10.0. The van der Waals surface area contributed by atoms with Crippen molar-refractivity contribution < 1.29 is 28.9 Å². The second-order valence-electron chi connectivity index (χ2n) is 6.40. The van der Waals surface area contributed by atoms with E-state index in [-0.39, 0.29) is 19.1 Å². The number of amides is 1. The molecule has 1 N–H and O–H groups in total. The van der Waals surface area contributed by atoms with Gasteiger partial charge in [0.05, 0.1) is 18.6 Å². The first-order chi connectivity index (χ1) is 13.0. The average Bonchev–Trinajstić information content (AvgIpc) is 2.68. The molecule has 0 saturated heterocycles. The SMILES string of the molecule is CCOCCCN(CC(C)C(=O)O)C(=O)C1=Cc2cc(OC)ccc2OC1. The van der Waals surface area contributed by atoms with Crippen LogP contribution in [-0.2, 0) is 14.3 Å². The summed E-state index contributed by atoms with van der Waals surface area (Å²) in [4.78, 5) is 25.8. The van der Waals surface area contributed by atoms with Gasteiger partial charge in [0.15, 0.2) is 0 Å². The molecular formula is C20H27NO6. The van der Waals surface area contributed by atoms with Crippen LogP contribution >= 0.6 is 0 Å². The van der Waals surface area contributed by atoms with E-state index >= 15 is 0 Å². The van der Waals surface area contributed by atoms with Crippen molar-refractivity contribution in [3.8, 4) is 11.5 Å². The molecule has 1 amide bonds. The smallest absolute Gasteiger partial charge is 0.308 e. The number of methoxy groups -OCH3 is 1. The summed E-state index contributed by atoms with van der Waals surface area (Å²) in [5.41, 5.74) is 1.26. The normalized spacial score (nSPS) is 13.8. The van der Waals surface area contributed by atoms with E-state index in [2.05, 4.69) is 0 Å². The Balaban J connectivity index is 2.16. The minimum Gasteiger partial charge on any atom is -0.497 e. The first-order valence-electron chi connectivity index (χ1n) is 9.07. The molecule has 1 aromatic rings. The molecule has 1 atom stereocenters. The Hall–Kier alpha value is -2.54. The maximum absolute atomic E-state index is 13.0. The molecule has 27 heavy (non-hydrogen) atoms. The third kappa shape index (κ3) is 5.72. The summed E-state index contributed by atoms with van der Waals surface area (Å²) in [5, 5.41) is 9.20. The van der Waals surface area contributed by atoms with Crippen molar-refractivity contribution in [2.45, 2.75) is 20.3 Å². The molecule has 148 valence electrons. The summed E-state index contributed by atoms with van der Waals surface area (Å²) in [6.07, 6.45) is 2.43. The van der Waals surface area contributed by atoms with Crippen LogP contribution in [0.25, 0.3) is 6.08 Å². The maximum atomic E-state index is 13.0. The molecule has 7 nitrogen and oxygen atoms in total. The van der Waals surface area contributed by atoms with E-state index in [1.54, 1.807) is 43.2 Å². The zero-order valence-electron chi connectivity index (χ0n) is 16.1. The predicted octanol–water partition coefficient (Wildman–Crippen LogP) is 2.45. The monoisotopic (exact) mass is 377 g/mol. The van der Waals surface area contributed by atoms with Crippen LogP contribution < -0.4 is 9.47 Å². The Kier molecular flexibility index (Phi) is 7.67. The molecule has 0 aliphatic carbocycles. The molecular weight excluding hydrogens is 350 g/mol. The highest BCUT2D eigenvalue weighted by molar-refractivity contribution is 5.99. The van der Waals surface area contributed by atoms with Crippen LogP contribution in [0.3, 0.4) is 0 Å². The van der Waals surface area contributed by atoms with Crippen molar-refractivity contribution in [1.82, 2.24) is 4.90 Å². The van der Waals surface area contributed by atoms with Crippen LogP contribution in [0.4, 0.5) is 0 Å². The zero-order chi connectivity index (χ0) is 19.8. The number of aliphatic carboxylic acids is 1. The minimum absolute atomic E-state index is 0.141. The third-order valence-corrected chi connectivity index (χ3v) is 4.33. The quantitative estimate of drug-likeness (QED) is 0.631. The predicted molar refractivity (Wildman–Crippen MR) is 101 cm³/mol. The zero-order valence-corrected chi connectivity index (χ0v) is 16.1. The molecule has 0 saturated carbocycles. The molecule has 1 unspecified atom stereocenters. The summed E-state index contributed by atoms with van der Waals surface area (Å²) < 4.78 is 16.2. The molecule has 1 aliphatic heterocycles. The van der Waals surface area contributed by atoms with Crippen molar-refractivity contribution in [1.29, 1.82) is 0 Å². The lowest BCUT2D eigenvalue weighted by molar-refractivity contribution is -0.142. The topological polar surface area (TPSA) is 85.3 Å². The number of nitrogens with zero attached hydrogens (tertiary/aromatic N) is 1. The molecule has 0 fully saturated rings. The Morgan fingerprint density at radius 1 is 1.37 bits per heavy atom. The fraction of sp³-hybridized carbons (Fsp3) is 0.500. The minimum atomic E-state index is -0.929. The average molecular weight is 377 g/mol. The molecule has 1 aliphatic rings. The number of carbonyl (C=O) groups is 2. The van der Waals surface area contributed by atoms with Gasteiger partial charge in [-0.3, -0.25) is 9.59 Å². The molecule has 0 radical (unpaired) electrons. The van der Waals surface area contributed by atoms with E-state index in [1.807, 2.05) is 6.92 Å². The Morgan fingerprint density at radius 3 is 2.81 bits per heavy atom. The van der Waals surface area contributed by atoms with Gasteiger partial charge in [-0.2, -0.15) is 0 Å². The summed E-state index contributed by atoms with van der Waals surface area (Å²) in [6.45, 7) is 5.36. The van der Waals surface area contributed by atoms with Gasteiger partial charge in [-0.1, -0.05) is 6.92 Å². The number of ether oxygens (including phenoxy) is 3. The van der Waals surface area contributed by atoms with Gasteiger partial charge in [0.2, 0.25) is 0 Å². The van der Waals surface area contributed by atoms with Gasteiger partial charge < -0.3 is 24.2 Å². The Morgan fingerprint density at radius 2 is 2.15 bits per heavy atom. The van der Waals surface area contributed by atoms with Crippen LogP contribution in [0.15, 0.2) is 23.8 Å². The van der Waals surface area contributed by atoms with E-state index in [0.717, 1.165) is 5.56 Å². The number of carboxylic acid groups (broad SMARTS) is 1.